The summed E-state index contributed by atoms with van der Waals surface area (Å²) >= 11 is 3.13. The Balaban J connectivity index is 1.53. The molecule has 4 rings (SSSR count). The summed E-state index contributed by atoms with van der Waals surface area (Å²) in [7, 11) is 0. The summed E-state index contributed by atoms with van der Waals surface area (Å²) in [6.45, 7) is 1.30. The van der Waals surface area contributed by atoms with E-state index in [0.29, 0.717) is 11.7 Å². The molecule has 4 heterocycles. The number of aromatic nitrogens is 5. The molecule has 4 N–H and O–H groups in total. The molecule has 0 aromatic carbocycles. The maximum absolute atomic E-state index is 9.02. The summed E-state index contributed by atoms with van der Waals surface area (Å²) in [5, 5.41) is 17.2. The largest absolute Gasteiger partial charge is 0.394 e. The van der Waals surface area contributed by atoms with Crippen LogP contribution in [-0.4, -0.2) is 43.0 Å². The van der Waals surface area contributed by atoms with E-state index in [4.69, 9.17) is 10.8 Å². The van der Waals surface area contributed by atoms with Gasteiger partial charge < -0.3 is 16.2 Å². The predicted molar refractivity (Wildman–Crippen MR) is 104 cm³/mol. The van der Waals surface area contributed by atoms with Crippen LogP contribution in [-0.2, 0) is 13.0 Å². The Morgan fingerprint density at radius 2 is 2.12 bits per heavy atom. The molecular formula is C16H17N7OS2. The summed E-state index contributed by atoms with van der Waals surface area (Å²) < 4.78 is 2.74. The van der Waals surface area contributed by atoms with Gasteiger partial charge in [-0.05, 0) is 6.07 Å². The molecule has 0 fully saturated rings. The van der Waals surface area contributed by atoms with Crippen molar-refractivity contribution in [3.05, 3.63) is 35.9 Å². The Morgan fingerprint density at radius 1 is 1.19 bits per heavy atom. The van der Waals surface area contributed by atoms with E-state index >= 15 is 0 Å². The van der Waals surface area contributed by atoms with Gasteiger partial charge in [-0.2, -0.15) is 5.10 Å². The van der Waals surface area contributed by atoms with Gasteiger partial charge in [-0.1, -0.05) is 0 Å². The average molecular weight is 387 g/mol. The van der Waals surface area contributed by atoms with Crippen LogP contribution in [0.4, 0.5) is 10.9 Å². The van der Waals surface area contributed by atoms with Crippen LogP contribution < -0.4 is 11.1 Å². The van der Waals surface area contributed by atoms with Gasteiger partial charge in [0.2, 0.25) is 0 Å². The zero-order chi connectivity index (χ0) is 17.9. The summed E-state index contributed by atoms with van der Waals surface area (Å²) in [5.41, 5.74) is 7.57. The number of thiazole rings is 1. The molecule has 4 aromatic heterocycles. The number of hydrogen-bond donors (Lipinski definition) is 3. The maximum atomic E-state index is 9.02. The smallest absolute Gasteiger partial charge is 0.180 e. The van der Waals surface area contributed by atoms with Gasteiger partial charge in [0.25, 0.3) is 0 Å². The van der Waals surface area contributed by atoms with Crippen LogP contribution in [0.5, 0.6) is 0 Å². The highest BCUT2D eigenvalue weighted by atomic mass is 32.1. The van der Waals surface area contributed by atoms with E-state index < -0.39 is 0 Å². The first kappa shape index (κ1) is 16.9. The van der Waals surface area contributed by atoms with Crippen molar-refractivity contribution < 1.29 is 5.11 Å². The molecule has 0 spiro atoms. The number of nitrogens with two attached hydrogens (primary N) is 1. The van der Waals surface area contributed by atoms with Crippen molar-refractivity contribution in [2.45, 2.75) is 13.0 Å². The third-order valence-electron chi connectivity index (χ3n) is 3.79. The van der Waals surface area contributed by atoms with E-state index in [1.54, 1.807) is 28.5 Å². The molecule has 0 radical (unpaired) electrons. The fraction of sp³-hybridized carbons (Fsp3) is 0.250. The molecule has 0 aliphatic carbocycles. The Hall–Kier alpha value is -2.56. The molecule has 0 amide bonds. The molecule has 0 unspecified atom stereocenters. The molecule has 0 aliphatic rings. The molecule has 0 atom stereocenters. The zero-order valence-electron chi connectivity index (χ0n) is 13.8. The molecule has 26 heavy (non-hydrogen) atoms. The molecule has 0 aliphatic heterocycles. The fourth-order valence-corrected chi connectivity index (χ4v) is 4.32. The summed E-state index contributed by atoms with van der Waals surface area (Å²) in [4.78, 5) is 15.0. The van der Waals surface area contributed by atoms with Gasteiger partial charge >= 0.3 is 0 Å². The minimum atomic E-state index is 0.0679. The SMILES string of the molecule is Nc1ncc(CCNc2ncnc3cc(-c4cnn(CCO)c4)sc23)s1. The van der Waals surface area contributed by atoms with E-state index in [1.807, 2.05) is 18.5 Å². The number of nitrogens with zero attached hydrogens (tertiary/aromatic N) is 5. The minimum absolute atomic E-state index is 0.0679. The predicted octanol–water partition coefficient (Wildman–Crippen LogP) is 2.24. The van der Waals surface area contributed by atoms with Crippen molar-refractivity contribution in [1.29, 1.82) is 0 Å². The summed E-state index contributed by atoms with van der Waals surface area (Å²) in [6, 6.07) is 2.04. The van der Waals surface area contributed by atoms with Gasteiger partial charge in [0.05, 0.1) is 29.6 Å². The lowest BCUT2D eigenvalue weighted by atomic mass is 10.3. The van der Waals surface area contributed by atoms with E-state index in [2.05, 4.69) is 25.4 Å². The second-order valence-electron chi connectivity index (χ2n) is 5.60. The standard InChI is InChI=1S/C16H17N7OS2/c17-16-19-7-11(25-16)1-2-18-15-14-12(20-9-21-15)5-13(26-14)10-6-22-23(8-10)3-4-24/h5-9,24H,1-4H2,(H2,17,19)(H,18,20,21). The second-order valence-corrected chi connectivity index (χ2v) is 7.80. The molecule has 0 bridgehead atoms. The quantitative estimate of drug-likeness (QED) is 0.445. The molecule has 134 valence electrons. The number of nitrogen functional groups attached to an aromatic ring is 1. The Labute approximate surface area is 157 Å². The molecule has 4 aromatic rings. The normalized spacial score (nSPS) is 11.3. The number of hydrogen-bond acceptors (Lipinski definition) is 9. The lowest BCUT2D eigenvalue weighted by molar-refractivity contribution is 0.269. The summed E-state index contributed by atoms with van der Waals surface area (Å²) in [5.74, 6) is 0.825. The van der Waals surface area contributed by atoms with Crippen molar-refractivity contribution in [3.63, 3.8) is 0 Å². The number of anilines is 2. The van der Waals surface area contributed by atoms with Crippen LogP contribution in [0.3, 0.4) is 0 Å². The number of nitrogens with one attached hydrogen (secondary N) is 1. The zero-order valence-corrected chi connectivity index (χ0v) is 15.4. The number of aliphatic hydroxyl groups excluding tert-OH is 1. The molecular weight excluding hydrogens is 370 g/mol. The van der Waals surface area contributed by atoms with Crippen molar-refractivity contribution in [1.82, 2.24) is 24.7 Å². The van der Waals surface area contributed by atoms with Crippen LogP contribution in [0.2, 0.25) is 0 Å². The Bertz CT molecular complexity index is 1020. The first-order chi connectivity index (χ1) is 12.7. The lowest BCUT2D eigenvalue weighted by Gasteiger charge is -2.04. The fourth-order valence-electron chi connectivity index (χ4n) is 2.58. The maximum Gasteiger partial charge on any atom is 0.180 e. The number of rotatable bonds is 7. The van der Waals surface area contributed by atoms with Gasteiger partial charge in [0.1, 0.15) is 12.1 Å². The van der Waals surface area contributed by atoms with Gasteiger partial charge in [0.15, 0.2) is 5.13 Å². The van der Waals surface area contributed by atoms with E-state index in [9.17, 15) is 0 Å². The third-order valence-corrected chi connectivity index (χ3v) is 5.86. The van der Waals surface area contributed by atoms with Crippen LogP contribution in [0.25, 0.3) is 20.7 Å². The van der Waals surface area contributed by atoms with Crippen LogP contribution in [0.1, 0.15) is 4.88 Å². The second kappa shape index (κ2) is 7.36. The van der Waals surface area contributed by atoms with Gasteiger partial charge in [-0.15, -0.1) is 22.7 Å². The highest BCUT2D eigenvalue weighted by molar-refractivity contribution is 7.22. The first-order valence-corrected chi connectivity index (χ1v) is 9.68. The van der Waals surface area contributed by atoms with Crippen LogP contribution >= 0.6 is 22.7 Å². The molecule has 8 nitrogen and oxygen atoms in total. The number of aliphatic hydroxyl groups is 1. The average Bonchev–Trinajstić information content (AvgIpc) is 3.34. The molecule has 10 heteroatoms. The molecule has 0 saturated heterocycles. The highest BCUT2D eigenvalue weighted by Gasteiger charge is 2.11. The van der Waals surface area contributed by atoms with Gasteiger partial charge in [-0.3, -0.25) is 4.68 Å². The lowest BCUT2D eigenvalue weighted by Crippen LogP contribution is -2.05. The molecule has 0 saturated carbocycles. The Morgan fingerprint density at radius 3 is 2.92 bits per heavy atom. The first-order valence-electron chi connectivity index (χ1n) is 8.05. The van der Waals surface area contributed by atoms with Gasteiger partial charge in [-0.25, -0.2) is 15.0 Å². The van der Waals surface area contributed by atoms with Crippen LogP contribution in [0, 0.1) is 0 Å². The van der Waals surface area contributed by atoms with Gasteiger partial charge in [0, 0.05) is 40.7 Å². The van der Waals surface area contributed by atoms with Crippen molar-refractivity contribution >= 4 is 43.8 Å². The highest BCUT2D eigenvalue weighted by Crippen LogP contribution is 2.35. The van der Waals surface area contributed by atoms with Crippen molar-refractivity contribution in [3.8, 4) is 10.4 Å². The summed E-state index contributed by atoms with van der Waals surface area (Å²) in [6.07, 6.45) is 7.95. The number of thiophene rings is 1. The number of fused-ring (bicyclic) bond motifs is 1. The van der Waals surface area contributed by atoms with E-state index in [1.165, 1.54) is 11.3 Å². The minimum Gasteiger partial charge on any atom is -0.394 e. The topological polar surface area (TPSA) is 115 Å². The van der Waals surface area contributed by atoms with E-state index in [-0.39, 0.29) is 6.61 Å². The third kappa shape index (κ3) is 3.52. The van der Waals surface area contributed by atoms with Crippen LogP contribution in [0.15, 0.2) is 31.0 Å². The van der Waals surface area contributed by atoms with Crippen molar-refractivity contribution in [2.24, 2.45) is 0 Å². The van der Waals surface area contributed by atoms with E-state index in [0.717, 1.165) is 44.3 Å². The monoisotopic (exact) mass is 387 g/mol. The van der Waals surface area contributed by atoms with Crippen molar-refractivity contribution in [2.75, 3.05) is 24.2 Å². The Kier molecular flexibility index (Phi) is 4.78.